The number of hydrogen-bond donors (Lipinski definition) is 0. The summed E-state index contributed by atoms with van der Waals surface area (Å²) in [5, 5.41) is 0. The van der Waals surface area contributed by atoms with Crippen LogP contribution in [0, 0.1) is 0 Å². The van der Waals surface area contributed by atoms with E-state index >= 15 is 0 Å². The summed E-state index contributed by atoms with van der Waals surface area (Å²) in [6.07, 6.45) is 1.89. The van der Waals surface area contributed by atoms with Crippen LogP contribution in [-0.4, -0.2) is 16.1 Å². The van der Waals surface area contributed by atoms with Crippen molar-refractivity contribution < 1.29 is 4.79 Å². The first kappa shape index (κ1) is 12.5. The number of carbonyl (C=O) groups is 1. The summed E-state index contributed by atoms with van der Waals surface area (Å²) in [6.45, 7) is 0. The number of halogens is 1. The summed E-state index contributed by atoms with van der Waals surface area (Å²) in [7, 11) is 1.89. The minimum absolute atomic E-state index is 0.151. The summed E-state index contributed by atoms with van der Waals surface area (Å²) in [4.78, 5) is 13.0. The molecule has 0 fully saturated rings. The summed E-state index contributed by atoms with van der Waals surface area (Å²) in [6, 6.07) is 11.7. The molecule has 4 heteroatoms. The van der Waals surface area contributed by atoms with E-state index in [1.165, 1.54) is 0 Å². The van der Waals surface area contributed by atoms with E-state index in [2.05, 4.69) is 15.9 Å². The van der Waals surface area contributed by atoms with Crippen molar-refractivity contribution in [3.05, 3.63) is 52.8 Å². The third-order valence-corrected chi connectivity index (χ3v) is 4.45. The molecule has 1 heterocycles. The van der Waals surface area contributed by atoms with Gasteiger partial charge in [-0.1, -0.05) is 12.1 Å². The highest BCUT2D eigenvalue weighted by Crippen LogP contribution is 2.27. The Kier molecular flexibility index (Phi) is 4.07. The van der Waals surface area contributed by atoms with Crippen LogP contribution in [0.1, 0.15) is 10.5 Å². The third kappa shape index (κ3) is 3.01. The maximum atomic E-state index is 12.0. The first-order valence-corrected chi connectivity index (χ1v) is 6.98. The van der Waals surface area contributed by atoms with Crippen molar-refractivity contribution in [1.82, 2.24) is 4.57 Å². The standard InChI is InChI=1S/C13H12BrNOS/c1-15-8-4-6-11(15)12(16)9-17-13-7-3-2-5-10(13)14/h2-8H,9H2,1H3. The monoisotopic (exact) mass is 309 g/mol. The number of aromatic nitrogens is 1. The number of thioether (sulfide) groups is 1. The van der Waals surface area contributed by atoms with Gasteiger partial charge in [0.25, 0.3) is 0 Å². The Hall–Kier alpha value is -1.00. The lowest BCUT2D eigenvalue weighted by Gasteiger charge is -2.04. The zero-order chi connectivity index (χ0) is 12.3. The van der Waals surface area contributed by atoms with Gasteiger partial charge in [-0.2, -0.15) is 0 Å². The van der Waals surface area contributed by atoms with Gasteiger partial charge in [0.15, 0.2) is 5.78 Å². The van der Waals surface area contributed by atoms with Crippen molar-refractivity contribution in [3.8, 4) is 0 Å². The van der Waals surface area contributed by atoms with Gasteiger partial charge in [0.2, 0.25) is 0 Å². The molecule has 0 saturated carbocycles. The second-order valence-electron chi connectivity index (χ2n) is 3.65. The normalized spacial score (nSPS) is 10.5. The molecular formula is C13H12BrNOS. The van der Waals surface area contributed by atoms with Crippen LogP contribution in [-0.2, 0) is 7.05 Å². The molecule has 0 radical (unpaired) electrons. The average Bonchev–Trinajstić information content (AvgIpc) is 2.74. The Morgan fingerprint density at radius 1 is 1.29 bits per heavy atom. The smallest absolute Gasteiger partial charge is 0.189 e. The molecule has 0 unspecified atom stereocenters. The summed E-state index contributed by atoms with van der Waals surface area (Å²) < 4.78 is 2.88. The molecule has 2 nitrogen and oxygen atoms in total. The average molecular weight is 310 g/mol. The van der Waals surface area contributed by atoms with Crippen LogP contribution in [0.2, 0.25) is 0 Å². The number of ketones is 1. The van der Waals surface area contributed by atoms with E-state index in [1.54, 1.807) is 11.8 Å². The van der Waals surface area contributed by atoms with Crippen molar-refractivity contribution in [1.29, 1.82) is 0 Å². The third-order valence-electron chi connectivity index (χ3n) is 2.42. The zero-order valence-electron chi connectivity index (χ0n) is 9.39. The number of nitrogens with zero attached hydrogens (tertiary/aromatic N) is 1. The van der Waals surface area contributed by atoms with E-state index in [0.717, 1.165) is 15.1 Å². The van der Waals surface area contributed by atoms with Crippen LogP contribution in [0.5, 0.6) is 0 Å². The van der Waals surface area contributed by atoms with Gasteiger partial charge in [-0.3, -0.25) is 4.79 Å². The van der Waals surface area contributed by atoms with Crippen molar-refractivity contribution in [3.63, 3.8) is 0 Å². The number of aryl methyl sites for hydroxylation is 1. The summed E-state index contributed by atoms with van der Waals surface area (Å²) >= 11 is 5.02. The molecule has 1 aromatic carbocycles. The molecule has 0 bridgehead atoms. The maximum Gasteiger partial charge on any atom is 0.189 e. The van der Waals surface area contributed by atoms with E-state index < -0.39 is 0 Å². The Morgan fingerprint density at radius 3 is 2.71 bits per heavy atom. The number of hydrogen-bond acceptors (Lipinski definition) is 2. The second kappa shape index (κ2) is 5.56. The molecular weight excluding hydrogens is 298 g/mol. The van der Waals surface area contributed by atoms with Crippen molar-refractivity contribution in [2.45, 2.75) is 4.90 Å². The van der Waals surface area contributed by atoms with Crippen LogP contribution >= 0.6 is 27.7 Å². The number of Topliss-reactive ketones (excluding diaryl/α,β-unsaturated/α-hetero) is 1. The van der Waals surface area contributed by atoms with Crippen LogP contribution in [0.15, 0.2) is 52.0 Å². The highest BCUT2D eigenvalue weighted by Gasteiger charge is 2.10. The topological polar surface area (TPSA) is 22.0 Å². The lowest BCUT2D eigenvalue weighted by Crippen LogP contribution is -2.07. The van der Waals surface area contributed by atoms with E-state index in [-0.39, 0.29) is 5.78 Å². The first-order chi connectivity index (χ1) is 8.18. The van der Waals surface area contributed by atoms with E-state index in [1.807, 2.05) is 54.2 Å². The highest BCUT2D eigenvalue weighted by atomic mass is 79.9. The molecule has 0 spiro atoms. The molecule has 2 aromatic rings. The van der Waals surface area contributed by atoms with E-state index in [9.17, 15) is 4.79 Å². The quantitative estimate of drug-likeness (QED) is 0.633. The number of rotatable bonds is 4. The van der Waals surface area contributed by atoms with Gasteiger partial charge in [0.05, 0.1) is 11.4 Å². The zero-order valence-corrected chi connectivity index (χ0v) is 11.8. The summed E-state index contributed by atoms with van der Waals surface area (Å²) in [5.41, 5.74) is 0.754. The molecule has 0 saturated heterocycles. The van der Waals surface area contributed by atoms with Gasteiger partial charge in [-0.15, -0.1) is 11.8 Å². The van der Waals surface area contributed by atoms with Crippen molar-refractivity contribution >= 4 is 33.5 Å². The molecule has 0 N–H and O–H groups in total. The van der Waals surface area contributed by atoms with Crippen LogP contribution < -0.4 is 0 Å². The molecule has 0 aliphatic heterocycles. The SMILES string of the molecule is Cn1cccc1C(=O)CSc1ccccc1Br. The molecule has 1 aromatic heterocycles. The van der Waals surface area contributed by atoms with Gasteiger partial charge in [0.1, 0.15) is 0 Å². The molecule has 0 amide bonds. The molecule has 0 atom stereocenters. The maximum absolute atomic E-state index is 12.0. The van der Waals surface area contributed by atoms with Crippen molar-refractivity contribution in [2.24, 2.45) is 7.05 Å². The fourth-order valence-corrected chi connectivity index (χ4v) is 2.97. The second-order valence-corrected chi connectivity index (χ2v) is 5.52. The van der Waals surface area contributed by atoms with Crippen LogP contribution in [0.3, 0.4) is 0 Å². The molecule has 88 valence electrons. The van der Waals surface area contributed by atoms with Crippen LogP contribution in [0.4, 0.5) is 0 Å². The largest absolute Gasteiger partial charge is 0.348 e. The molecule has 17 heavy (non-hydrogen) atoms. The van der Waals surface area contributed by atoms with Crippen LogP contribution in [0.25, 0.3) is 0 Å². The first-order valence-electron chi connectivity index (χ1n) is 5.20. The minimum Gasteiger partial charge on any atom is -0.348 e. The van der Waals surface area contributed by atoms with E-state index in [0.29, 0.717) is 5.75 Å². The Bertz CT molecular complexity index is 536. The fraction of sp³-hybridized carbons (Fsp3) is 0.154. The van der Waals surface area contributed by atoms with Gasteiger partial charge >= 0.3 is 0 Å². The van der Waals surface area contributed by atoms with Gasteiger partial charge in [-0.05, 0) is 40.2 Å². The summed E-state index contributed by atoms with van der Waals surface area (Å²) in [5.74, 6) is 0.610. The highest BCUT2D eigenvalue weighted by molar-refractivity contribution is 9.10. The Balaban J connectivity index is 2.02. The predicted molar refractivity (Wildman–Crippen MR) is 74.6 cm³/mol. The Labute approximate surface area is 113 Å². The molecule has 0 aliphatic rings. The fourth-order valence-electron chi connectivity index (χ4n) is 1.53. The van der Waals surface area contributed by atoms with Gasteiger partial charge < -0.3 is 4.57 Å². The number of benzene rings is 1. The number of carbonyl (C=O) groups excluding carboxylic acids is 1. The molecule has 2 rings (SSSR count). The lowest BCUT2D eigenvalue weighted by atomic mass is 10.3. The predicted octanol–water partition coefficient (Wildman–Crippen LogP) is 3.76. The lowest BCUT2D eigenvalue weighted by molar-refractivity contribution is 0.101. The van der Waals surface area contributed by atoms with E-state index in [4.69, 9.17) is 0 Å². The Morgan fingerprint density at radius 2 is 2.06 bits per heavy atom. The van der Waals surface area contributed by atoms with Gasteiger partial charge in [0, 0.05) is 22.6 Å². The molecule has 0 aliphatic carbocycles. The van der Waals surface area contributed by atoms with Crippen molar-refractivity contribution in [2.75, 3.05) is 5.75 Å². The minimum atomic E-state index is 0.151. The van der Waals surface area contributed by atoms with Gasteiger partial charge in [-0.25, -0.2) is 0 Å².